The van der Waals surface area contributed by atoms with Crippen LogP contribution in [-0.4, -0.2) is 24.2 Å². The molecule has 0 atom stereocenters. The average Bonchev–Trinajstić information content (AvgIpc) is 2.30. The molecule has 1 N–H and O–H groups in total. The first kappa shape index (κ1) is 14.3. The van der Waals surface area contributed by atoms with Crippen molar-refractivity contribution < 1.29 is 9.90 Å². The number of carboxylic acids is 1. The van der Waals surface area contributed by atoms with Crippen LogP contribution in [0.3, 0.4) is 0 Å². The number of hydrogen-bond donors (Lipinski definition) is 1. The van der Waals surface area contributed by atoms with Crippen LogP contribution in [0.1, 0.15) is 25.3 Å². The molecule has 18 heavy (non-hydrogen) atoms. The fourth-order valence-electron chi connectivity index (χ4n) is 1.68. The van der Waals surface area contributed by atoms with Crippen LogP contribution >= 0.6 is 0 Å². The first-order valence-corrected chi connectivity index (χ1v) is 6.17. The number of carbonyl (C=O) groups is 1. The Kier molecular flexibility index (Phi) is 5.43. The molecule has 0 spiro atoms. The van der Waals surface area contributed by atoms with Crippen molar-refractivity contribution in [3.63, 3.8) is 0 Å². The second-order valence-corrected chi connectivity index (χ2v) is 4.67. The Morgan fingerprint density at radius 3 is 2.28 bits per heavy atom. The topological polar surface area (TPSA) is 40.5 Å². The molecule has 0 aliphatic rings. The van der Waals surface area contributed by atoms with Gasteiger partial charge in [0.25, 0.3) is 0 Å². The number of anilines is 1. The summed E-state index contributed by atoms with van der Waals surface area (Å²) in [5, 5.41) is 8.79. The van der Waals surface area contributed by atoms with Gasteiger partial charge in [-0.3, -0.25) is 4.79 Å². The van der Waals surface area contributed by atoms with E-state index in [2.05, 4.69) is 11.5 Å². The van der Waals surface area contributed by atoms with Gasteiger partial charge in [0.05, 0.1) is 6.42 Å². The molecule has 0 heterocycles. The van der Waals surface area contributed by atoms with E-state index in [9.17, 15) is 4.79 Å². The van der Waals surface area contributed by atoms with Crippen molar-refractivity contribution in [3.05, 3.63) is 42.0 Å². The summed E-state index contributed by atoms with van der Waals surface area (Å²) in [5.41, 5.74) is 3.39. The molecule has 98 valence electrons. The molecular weight excluding hydrogens is 226 g/mol. The van der Waals surface area contributed by atoms with Crippen molar-refractivity contribution in [2.24, 2.45) is 0 Å². The lowest BCUT2D eigenvalue weighted by atomic mass is 10.2. The van der Waals surface area contributed by atoms with Crippen molar-refractivity contribution in [2.75, 3.05) is 18.0 Å². The summed E-state index contributed by atoms with van der Waals surface area (Å²) in [6.45, 7) is 9.26. The second kappa shape index (κ2) is 6.84. The number of rotatable bonds is 7. The summed E-state index contributed by atoms with van der Waals surface area (Å²) in [7, 11) is 0. The fourth-order valence-corrected chi connectivity index (χ4v) is 1.68. The summed E-state index contributed by atoms with van der Waals surface area (Å²) in [4.78, 5) is 12.8. The number of nitrogens with zero attached hydrogens (tertiary/aromatic N) is 1. The van der Waals surface area contributed by atoms with E-state index in [1.54, 1.807) is 0 Å². The van der Waals surface area contributed by atoms with Crippen LogP contribution in [0.2, 0.25) is 0 Å². The van der Waals surface area contributed by atoms with E-state index >= 15 is 0 Å². The predicted octanol–water partition coefficient (Wildman–Crippen LogP) is 3.24. The third kappa shape index (κ3) is 5.04. The van der Waals surface area contributed by atoms with Gasteiger partial charge in [0, 0.05) is 18.8 Å². The molecule has 0 aliphatic heterocycles. The standard InChI is InChI=1S/C15H21NO2/c1-12(2)8-10-16(11-9-15(17)18)14-6-4-13(3)5-7-14/h4-7H,1,8-11H2,2-3H3,(H,17,18). The summed E-state index contributed by atoms with van der Waals surface area (Å²) in [6, 6.07) is 8.17. The van der Waals surface area contributed by atoms with Crippen molar-refractivity contribution in [1.29, 1.82) is 0 Å². The van der Waals surface area contributed by atoms with Gasteiger partial charge in [0.15, 0.2) is 0 Å². The molecule has 0 amide bonds. The van der Waals surface area contributed by atoms with Crippen molar-refractivity contribution in [3.8, 4) is 0 Å². The monoisotopic (exact) mass is 247 g/mol. The number of hydrogen-bond acceptors (Lipinski definition) is 2. The average molecular weight is 247 g/mol. The number of aliphatic carboxylic acids is 1. The summed E-state index contributed by atoms with van der Waals surface area (Å²) >= 11 is 0. The van der Waals surface area contributed by atoms with Gasteiger partial charge in [-0.25, -0.2) is 0 Å². The predicted molar refractivity (Wildman–Crippen MR) is 75.1 cm³/mol. The Labute approximate surface area is 109 Å². The lowest BCUT2D eigenvalue weighted by Gasteiger charge is -2.24. The summed E-state index contributed by atoms with van der Waals surface area (Å²) < 4.78 is 0. The third-order valence-electron chi connectivity index (χ3n) is 2.80. The normalized spacial score (nSPS) is 10.1. The zero-order chi connectivity index (χ0) is 13.5. The molecule has 0 bridgehead atoms. The Balaban J connectivity index is 2.71. The molecule has 1 rings (SSSR count). The minimum absolute atomic E-state index is 0.157. The fraction of sp³-hybridized carbons (Fsp3) is 0.400. The highest BCUT2D eigenvalue weighted by molar-refractivity contribution is 5.67. The van der Waals surface area contributed by atoms with Crippen LogP contribution in [0.5, 0.6) is 0 Å². The highest BCUT2D eigenvalue weighted by Crippen LogP contribution is 2.16. The molecule has 3 nitrogen and oxygen atoms in total. The number of benzene rings is 1. The van der Waals surface area contributed by atoms with E-state index < -0.39 is 5.97 Å². The summed E-state index contributed by atoms with van der Waals surface area (Å²) in [6.07, 6.45) is 1.04. The van der Waals surface area contributed by atoms with E-state index in [-0.39, 0.29) is 6.42 Å². The van der Waals surface area contributed by atoms with Crippen molar-refractivity contribution >= 4 is 11.7 Å². The van der Waals surface area contributed by atoms with Gasteiger partial charge in [-0.05, 0) is 32.4 Å². The van der Waals surface area contributed by atoms with Crippen LogP contribution in [0.25, 0.3) is 0 Å². The highest BCUT2D eigenvalue weighted by atomic mass is 16.4. The first-order chi connectivity index (χ1) is 8.49. The smallest absolute Gasteiger partial charge is 0.305 e. The van der Waals surface area contributed by atoms with Gasteiger partial charge in [-0.1, -0.05) is 23.3 Å². The lowest BCUT2D eigenvalue weighted by molar-refractivity contribution is -0.136. The molecule has 0 aromatic heterocycles. The number of carboxylic acid groups (broad SMARTS) is 1. The SMILES string of the molecule is C=C(C)CCN(CCC(=O)O)c1ccc(C)cc1. The molecular formula is C15H21NO2. The van der Waals surface area contributed by atoms with Gasteiger partial charge in [-0.15, -0.1) is 6.58 Å². The van der Waals surface area contributed by atoms with Crippen LogP contribution in [-0.2, 0) is 4.79 Å². The molecule has 0 saturated heterocycles. The highest BCUT2D eigenvalue weighted by Gasteiger charge is 2.08. The molecule has 0 unspecified atom stereocenters. The summed E-state index contributed by atoms with van der Waals surface area (Å²) in [5.74, 6) is -0.762. The van der Waals surface area contributed by atoms with Gasteiger partial charge in [-0.2, -0.15) is 0 Å². The zero-order valence-electron chi connectivity index (χ0n) is 11.1. The molecule has 0 saturated carbocycles. The molecule has 3 heteroatoms. The maximum absolute atomic E-state index is 10.7. The van der Waals surface area contributed by atoms with Crippen molar-refractivity contribution in [1.82, 2.24) is 0 Å². The quantitative estimate of drug-likeness (QED) is 0.752. The Morgan fingerprint density at radius 2 is 1.78 bits per heavy atom. The maximum Gasteiger partial charge on any atom is 0.305 e. The Bertz CT molecular complexity index is 391. The maximum atomic E-state index is 10.7. The van der Waals surface area contributed by atoms with E-state index in [0.717, 1.165) is 24.2 Å². The van der Waals surface area contributed by atoms with Crippen LogP contribution in [0, 0.1) is 6.92 Å². The minimum atomic E-state index is -0.762. The number of aryl methyl sites for hydroxylation is 1. The van der Waals surface area contributed by atoms with Crippen LogP contribution in [0.4, 0.5) is 5.69 Å². The molecule has 1 aromatic rings. The molecule has 0 aliphatic carbocycles. The van der Waals surface area contributed by atoms with Gasteiger partial charge < -0.3 is 10.0 Å². The lowest BCUT2D eigenvalue weighted by Crippen LogP contribution is -2.27. The second-order valence-electron chi connectivity index (χ2n) is 4.67. The van der Waals surface area contributed by atoms with Crippen LogP contribution in [0.15, 0.2) is 36.4 Å². The Hall–Kier alpha value is -1.77. The molecule has 0 fully saturated rings. The van der Waals surface area contributed by atoms with E-state index in [4.69, 9.17) is 5.11 Å². The van der Waals surface area contributed by atoms with E-state index in [0.29, 0.717) is 6.54 Å². The third-order valence-corrected chi connectivity index (χ3v) is 2.80. The van der Waals surface area contributed by atoms with E-state index in [1.807, 2.05) is 38.1 Å². The van der Waals surface area contributed by atoms with Gasteiger partial charge in [0.1, 0.15) is 0 Å². The van der Waals surface area contributed by atoms with Gasteiger partial charge >= 0.3 is 5.97 Å². The van der Waals surface area contributed by atoms with Gasteiger partial charge in [0.2, 0.25) is 0 Å². The Morgan fingerprint density at radius 1 is 1.22 bits per heavy atom. The molecule has 0 radical (unpaired) electrons. The minimum Gasteiger partial charge on any atom is -0.481 e. The zero-order valence-corrected chi connectivity index (χ0v) is 11.1. The first-order valence-electron chi connectivity index (χ1n) is 6.17. The van der Waals surface area contributed by atoms with Crippen molar-refractivity contribution in [2.45, 2.75) is 26.7 Å². The largest absolute Gasteiger partial charge is 0.481 e. The van der Waals surface area contributed by atoms with E-state index in [1.165, 1.54) is 5.56 Å². The van der Waals surface area contributed by atoms with Crippen LogP contribution < -0.4 is 4.90 Å². The molecule has 1 aromatic carbocycles.